The highest BCUT2D eigenvalue weighted by Crippen LogP contribution is 2.18. The van der Waals surface area contributed by atoms with Crippen molar-refractivity contribution in [1.82, 2.24) is 14.8 Å². The Morgan fingerprint density at radius 3 is 2.56 bits per heavy atom. The molecule has 2 heterocycles. The summed E-state index contributed by atoms with van der Waals surface area (Å²) >= 11 is 11.9. The Labute approximate surface area is 117 Å². The highest BCUT2D eigenvalue weighted by molar-refractivity contribution is 6.32. The maximum absolute atomic E-state index is 6.08. The van der Waals surface area contributed by atoms with E-state index in [4.69, 9.17) is 23.2 Å². The number of aryl methyl sites for hydroxylation is 2. The largest absolute Gasteiger partial charge is 0.265 e. The first-order valence-electron chi connectivity index (χ1n) is 6.00. The first-order chi connectivity index (χ1) is 8.63. The molecule has 0 saturated heterocycles. The fourth-order valence-electron chi connectivity index (χ4n) is 1.83. The van der Waals surface area contributed by atoms with E-state index in [1.807, 2.05) is 10.7 Å². The summed E-state index contributed by atoms with van der Waals surface area (Å²) in [6.07, 6.45) is 1.89. The Hall–Kier alpha value is -1.06. The molecule has 0 saturated carbocycles. The molecule has 0 aliphatic carbocycles. The van der Waals surface area contributed by atoms with Gasteiger partial charge in [0.25, 0.3) is 0 Å². The van der Waals surface area contributed by atoms with Gasteiger partial charge in [-0.25, -0.2) is 4.98 Å². The Kier molecular flexibility index (Phi) is 4.25. The summed E-state index contributed by atoms with van der Waals surface area (Å²) in [4.78, 5) is 4.04. The molecule has 2 aromatic heterocycles. The molecule has 0 fully saturated rings. The van der Waals surface area contributed by atoms with Crippen LogP contribution in [0.2, 0.25) is 10.3 Å². The minimum atomic E-state index is 0.411. The van der Waals surface area contributed by atoms with Crippen LogP contribution in [0.3, 0.4) is 0 Å². The molecular formula is C13H15Cl2N3. The summed E-state index contributed by atoms with van der Waals surface area (Å²) in [5.41, 5.74) is 3.24. The van der Waals surface area contributed by atoms with Gasteiger partial charge < -0.3 is 0 Å². The third kappa shape index (κ3) is 2.85. The summed E-state index contributed by atoms with van der Waals surface area (Å²) in [7, 11) is 0. The molecule has 0 aliphatic heterocycles. The lowest BCUT2D eigenvalue weighted by Crippen LogP contribution is -2.07. The van der Waals surface area contributed by atoms with E-state index in [2.05, 4.69) is 30.0 Å². The molecule has 0 bridgehead atoms. The molecular weight excluding hydrogens is 269 g/mol. The number of hydrogen-bond acceptors (Lipinski definition) is 2. The van der Waals surface area contributed by atoms with Crippen LogP contribution in [0.15, 0.2) is 18.2 Å². The Morgan fingerprint density at radius 2 is 1.94 bits per heavy atom. The van der Waals surface area contributed by atoms with Gasteiger partial charge in [-0.3, -0.25) is 4.68 Å². The number of nitrogens with zero attached hydrogens (tertiary/aromatic N) is 3. The highest BCUT2D eigenvalue weighted by Gasteiger charge is 2.09. The van der Waals surface area contributed by atoms with Crippen LogP contribution in [0.1, 0.15) is 30.8 Å². The molecule has 0 unspecified atom stereocenters. The van der Waals surface area contributed by atoms with E-state index in [0.29, 0.717) is 16.9 Å². The molecule has 5 heteroatoms. The molecule has 3 nitrogen and oxygen atoms in total. The van der Waals surface area contributed by atoms with Crippen LogP contribution in [-0.4, -0.2) is 14.8 Å². The highest BCUT2D eigenvalue weighted by atomic mass is 35.5. The number of rotatable bonds is 4. The lowest BCUT2D eigenvalue weighted by Gasteiger charge is -2.07. The van der Waals surface area contributed by atoms with Crippen molar-refractivity contribution in [2.45, 2.75) is 33.2 Å². The van der Waals surface area contributed by atoms with Crippen LogP contribution in [-0.2, 0) is 19.4 Å². The SMILES string of the molecule is CCc1cc(CC)n(Cc2ccc(Cl)nc2Cl)n1. The first-order valence-corrected chi connectivity index (χ1v) is 6.76. The third-order valence-electron chi connectivity index (χ3n) is 2.85. The van der Waals surface area contributed by atoms with E-state index in [1.165, 1.54) is 5.69 Å². The predicted molar refractivity (Wildman–Crippen MR) is 74.3 cm³/mol. The second-order valence-electron chi connectivity index (χ2n) is 4.08. The number of pyridine rings is 1. The molecule has 2 rings (SSSR count). The van der Waals surface area contributed by atoms with Gasteiger partial charge in [-0.15, -0.1) is 0 Å². The van der Waals surface area contributed by atoms with E-state index in [9.17, 15) is 0 Å². The fourth-order valence-corrected chi connectivity index (χ4v) is 2.23. The lowest BCUT2D eigenvalue weighted by atomic mass is 10.2. The van der Waals surface area contributed by atoms with Crippen molar-refractivity contribution in [3.63, 3.8) is 0 Å². The van der Waals surface area contributed by atoms with Crippen molar-refractivity contribution in [3.8, 4) is 0 Å². The maximum Gasteiger partial charge on any atom is 0.135 e. The van der Waals surface area contributed by atoms with Gasteiger partial charge in [-0.2, -0.15) is 5.10 Å². The maximum atomic E-state index is 6.08. The van der Waals surface area contributed by atoms with Gasteiger partial charge in [0.1, 0.15) is 10.3 Å². The van der Waals surface area contributed by atoms with Crippen LogP contribution in [0.5, 0.6) is 0 Å². The van der Waals surface area contributed by atoms with Crippen LogP contribution in [0, 0.1) is 0 Å². The van der Waals surface area contributed by atoms with Crippen LogP contribution < -0.4 is 0 Å². The van der Waals surface area contributed by atoms with Crippen molar-refractivity contribution < 1.29 is 0 Å². The first kappa shape index (κ1) is 13.4. The van der Waals surface area contributed by atoms with Gasteiger partial charge in [-0.1, -0.05) is 43.1 Å². The Balaban J connectivity index is 2.30. The lowest BCUT2D eigenvalue weighted by molar-refractivity contribution is 0.639. The topological polar surface area (TPSA) is 30.7 Å². The van der Waals surface area contributed by atoms with Gasteiger partial charge in [0.2, 0.25) is 0 Å². The van der Waals surface area contributed by atoms with Gasteiger partial charge in [0.05, 0.1) is 12.2 Å². The van der Waals surface area contributed by atoms with Crippen LogP contribution >= 0.6 is 23.2 Å². The second kappa shape index (κ2) is 5.72. The molecule has 0 radical (unpaired) electrons. The standard InChI is InChI=1S/C13H15Cl2N3/c1-3-10-7-11(4-2)18(17-10)8-9-5-6-12(14)16-13(9)15/h5-7H,3-4,8H2,1-2H3. The quantitative estimate of drug-likeness (QED) is 0.800. The summed E-state index contributed by atoms with van der Waals surface area (Å²) in [6, 6.07) is 5.78. The summed E-state index contributed by atoms with van der Waals surface area (Å²) in [6.45, 7) is 4.85. The van der Waals surface area contributed by atoms with Crippen molar-refractivity contribution in [2.75, 3.05) is 0 Å². The van der Waals surface area contributed by atoms with Gasteiger partial charge in [-0.05, 0) is 25.0 Å². The molecule has 0 N–H and O–H groups in total. The fraction of sp³-hybridized carbons (Fsp3) is 0.385. The smallest absolute Gasteiger partial charge is 0.135 e. The normalized spacial score (nSPS) is 10.9. The summed E-state index contributed by atoms with van der Waals surface area (Å²) in [5.74, 6) is 0. The van der Waals surface area contributed by atoms with Gasteiger partial charge >= 0.3 is 0 Å². The van der Waals surface area contributed by atoms with E-state index < -0.39 is 0 Å². The minimum Gasteiger partial charge on any atom is -0.265 e. The summed E-state index contributed by atoms with van der Waals surface area (Å²) in [5, 5.41) is 5.41. The molecule has 0 atom stereocenters. The van der Waals surface area contributed by atoms with E-state index in [0.717, 1.165) is 24.1 Å². The van der Waals surface area contributed by atoms with Gasteiger partial charge in [0, 0.05) is 11.3 Å². The van der Waals surface area contributed by atoms with Crippen molar-refractivity contribution in [1.29, 1.82) is 0 Å². The van der Waals surface area contributed by atoms with Crippen LogP contribution in [0.25, 0.3) is 0 Å². The zero-order valence-corrected chi connectivity index (χ0v) is 12.0. The summed E-state index contributed by atoms with van der Waals surface area (Å²) < 4.78 is 1.98. The molecule has 96 valence electrons. The van der Waals surface area contributed by atoms with Crippen LogP contribution in [0.4, 0.5) is 0 Å². The zero-order valence-electron chi connectivity index (χ0n) is 10.5. The van der Waals surface area contributed by atoms with Gasteiger partial charge in [0.15, 0.2) is 0 Å². The molecule has 0 aliphatic rings. The molecule has 0 amide bonds. The molecule has 0 spiro atoms. The Bertz CT molecular complexity index is 549. The average Bonchev–Trinajstić information content (AvgIpc) is 2.75. The van der Waals surface area contributed by atoms with E-state index >= 15 is 0 Å². The Morgan fingerprint density at radius 1 is 1.17 bits per heavy atom. The average molecular weight is 284 g/mol. The molecule has 18 heavy (non-hydrogen) atoms. The minimum absolute atomic E-state index is 0.411. The molecule has 2 aromatic rings. The third-order valence-corrected chi connectivity index (χ3v) is 3.39. The zero-order chi connectivity index (χ0) is 13.1. The van der Waals surface area contributed by atoms with Crippen molar-refractivity contribution in [3.05, 3.63) is 45.5 Å². The number of aromatic nitrogens is 3. The monoisotopic (exact) mass is 283 g/mol. The number of hydrogen-bond donors (Lipinski definition) is 0. The predicted octanol–water partition coefficient (Wildman–Crippen LogP) is 3.76. The number of halogens is 2. The molecule has 0 aromatic carbocycles. The van der Waals surface area contributed by atoms with Crippen molar-refractivity contribution in [2.24, 2.45) is 0 Å². The van der Waals surface area contributed by atoms with E-state index in [-0.39, 0.29) is 0 Å². The second-order valence-corrected chi connectivity index (χ2v) is 4.82. The van der Waals surface area contributed by atoms with Crippen molar-refractivity contribution >= 4 is 23.2 Å². The van der Waals surface area contributed by atoms with E-state index in [1.54, 1.807) is 6.07 Å².